The predicted octanol–water partition coefficient (Wildman–Crippen LogP) is 4.84. The van der Waals surface area contributed by atoms with Crippen LogP contribution in [0.15, 0.2) is 47.6 Å². The molecule has 0 spiro atoms. The van der Waals surface area contributed by atoms with Gasteiger partial charge in [-0.2, -0.15) is 0 Å². The van der Waals surface area contributed by atoms with Gasteiger partial charge < -0.3 is 19.1 Å². The number of fused-ring (bicyclic) bond motifs is 2. The number of ether oxygens (including phenoxy) is 3. The molecular formula is C23H23BrN2O4. The minimum atomic E-state index is -0.130. The van der Waals surface area contributed by atoms with E-state index in [1.165, 1.54) is 0 Å². The highest BCUT2D eigenvalue weighted by Gasteiger charge is 2.33. The molecule has 1 atom stereocenters. The highest BCUT2D eigenvalue weighted by Crippen LogP contribution is 2.40. The molecule has 2 aromatic rings. The number of aliphatic imine (C=N–C) groups is 1. The monoisotopic (exact) mass is 470 g/mol. The highest BCUT2D eigenvalue weighted by molar-refractivity contribution is 9.09. The van der Waals surface area contributed by atoms with Crippen molar-refractivity contribution in [2.75, 3.05) is 26.2 Å². The summed E-state index contributed by atoms with van der Waals surface area (Å²) in [6.45, 7) is 0.555. The molecule has 30 heavy (non-hydrogen) atoms. The zero-order valence-corrected chi connectivity index (χ0v) is 18.5. The lowest BCUT2D eigenvalue weighted by atomic mass is 10.0. The van der Waals surface area contributed by atoms with Gasteiger partial charge >= 0.3 is 0 Å². The summed E-state index contributed by atoms with van der Waals surface area (Å²) in [5, 5.41) is 0.857. The van der Waals surface area contributed by atoms with E-state index >= 15 is 0 Å². The molecule has 2 aliphatic heterocycles. The number of benzene rings is 2. The molecule has 0 saturated carbocycles. The Hall–Kier alpha value is -2.80. The first-order chi connectivity index (χ1) is 14.6. The summed E-state index contributed by atoms with van der Waals surface area (Å²) in [5.41, 5.74) is 3.21. The molecule has 0 N–H and O–H groups in total. The van der Waals surface area contributed by atoms with Gasteiger partial charge in [-0.25, -0.2) is 0 Å². The first-order valence-corrected chi connectivity index (χ1v) is 10.9. The van der Waals surface area contributed by atoms with Crippen LogP contribution in [0, 0.1) is 0 Å². The first kappa shape index (κ1) is 20.5. The van der Waals surface area contributed by atoms with E-state index in [-0.39, 0.29) is 11.9 Å². The predicted molar refractivity (Wildman–Crippen MR) is 121 cm³/mol. The molecule has 156 valence electrons. The molecule has 1 unspecified atom stereocenters. The smallest absolute Gasteiger partial charge is 0.260 e. The molecular weight excluding hydrogens is 448 g/mol. The second-order valence-electron chi connectivity index (χ2n) is 7.06. The van der Waals surface area contributed by atoms with Crippen molar-refractivity contribution >= 4 is 39.3 Å². The standard InChI is InChI=1S/C23H23BrN2O4/c1-28-18-6-3-5-15(10-18)16-9-17-13-25-20-12-22(30-8-4-7-24)21(29-2)11-19(20)23(27)26(17)14-16/h3,5-6,10-14,17H,4,7-9H2,1-2H3. The number of rotatable bonds is 7. The molecule has 0 saturated heterocycles. The average molecular weight is 471 g/mol. The number of alkyl halides is 1. The van der Waals surface area contributed by atoms with Crippen LogP contribution >= 0.6 is 15.9 Å². The molecule has 0 bridgehead atoms. The quantitative estimate of drug-likeness (QED) is 0.429. The van der Waals surface area contributed by atoms with E-state index in [4.69, 9.17) is 14.2 Å². The van der Waals surface area contributed by atoms with Crippen LogP contribution in [0.4, 0.5) is 5.69 Å². The van der Waals surface area contributed by atoms with Gasteiger partial charge in [0.2, 0.25) is 0 Å². The van der Waals surface area contributed by atoms with Crippen LogP contribution in [-0.2, 0) is 0 Å². The Morgan fingerprint density at radius 2 is 2.03 bits per heavy atom. The fraction of sp³-hybridized carbons (Fsp3) is 0.304. The fourth-order valence-electron chi connectivity index (χ4n) is 3.63. The molecule has 7 heteroatoms. The van der Waals surface area contributed by atoms with Crippen LogP contribution in [0.1, 0.15) is 28.8 Å². The Balaban J connectivity index is 1.65. The van der Waals surface area contributed by atoms with Crippen molar-refractivity contribution in [1.29, 1.82) is 0 Å². The zero-order chi connectivity index (χ0) is 21.1. The van der Waals surface area contributed by atoms with Crippen LogP contribution < -0.4 is 14.2 Å². The maximum atomic E-state index is 13.3. The van der Waals surface area contributed by atoms with Crippen molar-refractivity contribution in [3.63, 3.8) is 0 Å². The molecule has 2 aliphatic rings. The van der Waals surface area contributed by atoms with E-state index in [1.54, 1.807) is 31.3 Å². The summed E-state index contributed by atoms with van der Waals surface area (Å²) in [6, 6.07) is 11.2. The molecule has 0 radical (unpaired) electrons. The molecule has 2 heterocycles. The lowest BCUT2D eigenvalue weighted by Gasteiger charge is -2.19. The molecule has 4 rings (SSSR count). The van der Waals surface area contributed by atoms with Crippen LogP contribution in [0.3, 0.4) is 0 Å². The Bertz CT molecular complexity index is 1020. The molecule has 0 aromatic heterocycles. The summed E-state index contributed by atoms with van der Waals surface area (Å²) in [4.78, 5) is 19.7. The number of nitrogens with zero attached hydrogens (tertiary/aromatic N) is 2. The summed E-state index contributed by atoms with van der Waals surface area (Å²) < 4.78 is 16.6. The summed E-state index contributed by atoms with van der Waals surface area (Å²) in [5.74, 6) is 1.81. The minimum absolute atomic E-state index is 0.101. The van der Waals surface area contributed by atoms with E-state index in [0.717, 1.165) is 28.6 Å². The normalized spacial score (nSPS) is 17.2. The van der Waals surface area contributed by atoms with Gasteiger partial charge in [0.15, 0.2) is 11.5 Å². The second kappa shape index (κ2) is 8.92. The number of halogens is 1. The van der Waals surface area contributed by atoms with Crippen molar-refractivity contribution in [3.8, 4) is 17.2 Å². The van der Waals surface area contributed by atoms with E-state index in [0.29, 0.717) is 35.8 Å². The number of hydrogen-bond acceptors (Lipinski definition) is 5. The summed E-state index contributed by atoms with van der Waals surface area (Å²) in [7, 11) is 3.22. The Morgan fingerprint density at radius 3 is 2.80 bits per heavy atom. The SMILES string of the molecule is COc1cccc(C2=CN3C(=O)c4cc(OC)c(OCCCBr)cc4N=CC3C2)c1. The topological polar surface area (TPSA) is 60.4 Å². The van der Waals surface area contributed by atoms with E-state index in [9.17, 15) is 4.79 Å². The molecule has 1 amide bonds. The number of carbonyl (C=O) groups is 1. The zero-order valence-electron chi connectivity index (χ0n) is 16.9. The molecule has 2 aromatic carbocycles. The highest BCUT2D eigenvalue weighted by atomic mass is 79.9. The van der Waals surface area contributed by atoms with Crippen molar-refractivity contribution in [2.45, 2.75) is 18.9 Å². The first-order valence-electron chi connectivity index (χ1n) is 9.77. The Kier molecular flexibility index (Phi) is 6.08. The lowest BCUT2D eigenvalue weighted by molar-refractivity contribution is 0.0817. The van der Waals surface area contributed by atoms with Crippen LogP contribution in [0.2, 0.25) is 0 Å². The van der Waals surface area contributed by atoms with E-state index in [1.807, 2.05) is 36.7 Å². The van der Waals surface area contributed by atoms with Gasteiger partial charge in [0, 0.05) is 30.2 Å². The van der Waals surface area contributed by atoms with Gasteiger partial charge in [-0.15, -0.1) is 0 Å². The molecule has 6 nitrogen and oxygen atoms in total. The van der Waals surface area contributed by atoms with E-state index < -0.39 is 0 Å². The number of amides is 1. The van der Waals surface area contributed by atoms with E-state index in [2.05, 4.69) is 20.9 Å². The van der Waals surface area contributed by atoms with Crippen LogP contribution in [0.5, 0.6) is 17.2 Å². The maximum absolute atomic E-state index is 13.3. The third kappa shape index (κ3) is 3.94. The van der Waals surface area contributed by atoms with Crippen molar-refractivity contribution in [3.05, 3.63) is 53.7 Å². The third-order valence-corrected chi connectivity index (χ3v) is 5.75. The van der Waals surface area contributed by atoms with Gasteiger partial charge in [0.25, 0.3) is 5.91 Å². The maximum Gasteiger partial charge on any atom is 0.260 e. The Morgan fingerprint density at radius 1 is 1.17 bits per heavy atom. The van der Waals surface area contributed by atoms with Gasteiger partial charge in [0.1, 0.15) is 5.75 Å². The van der Waals surface area contributed by atoms with Crippen LogP contribution in [-0.4, -0.2) is 49.2 Å². The summed E-state index contributed by atoms with van der Waals surface area (Å²) >= 11 is 3.40. The van der Waals surface area contributed by atoms with Gasteiger partial charge in [-0.3, -0.25) is 9.79 Å². The van der Waals surface area contributed by atoms with Gasteiger partial charge in [0.05, 0.1) is 38.1 Å². The largest absolute Gasteiger partial charge is 0.497 e. The van der Waals surface area contributed by atoms with Crippen LogP contribution in [0.25, 0.3) is 5.57 Å². The average Bonchev–Trinajstić information content (AvgIpc) is 3.17. The minimum Gasteiger partial charge on any atom is -0.497 e. The van der Waals surface area contributed by atoms with Gasteiger partial charge in [-0.1, -0.05) is 28.1 Å². The van der Waals surface area contributed by atoms with Crippen molar-refractivity contribution in [2.24, 2.45) is 4.99 Å². The number of hydrogen-bond donors (Lipinski definition) is 0. The molecule has 0 aliphatic carbocycles. The summed E-state index contributed by atoms with van der Waals surface area (Å²) in [6.07, 6.45) is 5.32. The van der Waals surface area contributed by atoms with Gasteiger partial charge in [-0.05, 0) is 35.8 Å². The second-order valence-corrected chi connectivity index (χ2v) is 7.85. The number of carbonyl (C=O) groups excluding carboxylic acids is 1. The lowest BCUT2D eigenvalue weighted by Crippen LogP contribution is -2.32. The van der Waals surface area contributed by atoms with Crippen molar-refractivity contribution in [1.82, 2.24) is 4.90 Å². The molecule has 0 fully saturated rings. The van der Waals surface area contributed by atoms with Crippen molar-refractivity contribution < 1.29 is 19.0 Å². The third-order valence-electron chi connectivity index (χ3n) is 5.19. The number of methoxy groups -OCH3 is 2. The fourth-order valence-corrected chi connectivity index (χ4v) is 3.86. The Labute approximate surface area is 184 Å².